The first-order valence-corrected chi connectivity index (χ1v) is 5.07. The molecule has 0 atom stereocenters. The first kappa shape index (κ1) is 12.4. The number of carbonyl (C=O) groups is 1. The molecule has 0 heterocycles. The molecule has 6 heteroatoms. The van der Waals surface area contributed by atoms with Gasteiger partial charge in [-0.05, 0) is 12.5 Å². The number of halogens is 1. The number of benzene rings is 1. The van der Waals surface area contributed by atoms with Crippen molar-refractivity contribution in [1.82, 2.24) is 0 Å². The molecule has 0 fully saturated rings. The van der Waals surface area contributed by atoms with Crippen LogP contribution in [0.1, 0.15) is 19.8 Å². The summed E-state index contributed by atoms with van der Waals surface area (Å²) in [6.07, 6.45) is 0.893. The van der Waals surface area contributed by atoms with E-state index < -0.39 is 10.9 Å². The van der Waals surface area contributed by atoms with Crippen molar-refractivity contribution in [3.63, 3.8) is 0 Å². The predicted molar refractivity (Wildman–Crippen MR) is 58.6 cm³/mol. The lowest BCUT2D eigenvalue weighted by Gasteiger charge is -2.04. The first-order chi connectivity index (χ1) is 7.54. The van der Waals surface area contributed by atoms with Crippen LogP contribution in [-0.2, 0) is 4.79 Å². The van der Waals surface area contributed by atoms with Gasteiger partial charge < -0.3 is 4.74 Å². The Morgan fingerprint density at radius 1 is 1.56 bits per heavy atom. The standard InChI is InChI=1S/C10H10ClNO4/c1-2-3-10(13)16-9-6-7(12(14)15)4-5-8(9)11/h4-6H,2-3H2,1H3. The van der Waals surface area contributed by atoms with Crippen molar-refractivity contribution in [2.24, 2.45) is 0 Å². The number of carbonyl (C=O) groups excluding carboxylic acids is 1. The van der Waals surface area contributed by atoms with Crippen LogP contribution in [0.4, 0.5) is 5.69 Å². The molecule has 0 aliphatic heterocycles. The van der Waals surface area contributed by atoms with Gasteiger partial charge in [0.1, 0.15) is 0 Å². The van der Waals surface area contributed by atoms with Gasteiger partial charge in [-0.3, -0.25) is 14.9 Å². The Balaban J connectivity index is 2.90. The third-order valence-electron chi connectivity index (χ3n) is 1.80. The van der Waals surface area contributed by atoms with Gasteiger partial charge in [0, 0.05) is 12.5 Å². The van der Waals surface area contributed by atoms with Gasteiger partial charge in [-0.25, -0.2) is 0 Å². The van der Waals surface area contributed by atoms with Gasteiger partial charge in [0.15, 0.2) is 5.75 Å². The fourth-order valence-electron chi connectivity index (χ4n) is 1.06. The van der Waals surface area contributed by atoms with Crippen molar-refractivity contribution in [3.8, 4) is 5.75 Å². The summed E-state index contributed by atoms with van der Waals surface area (Å²) in [7, 11) is 0. The maximum absolute atomic E-state index is 11.2. The van der Waals surface area contributed by atoms with Crippen molar-refractivity contribution in [1.29, 1.82) is 0 Å². The number of ether oxygens (including phenoxy) is 1. The highest BCUT2D eigenvalue weighted by molar-refractivity contribution is 6.32. The monoisotopic (exact) mass is 243 g/mol. The van der Waals surface area contributed by atoms with E-state index in [1.165, 1.54) is 12.1 Å². The Labute approximate surface area is 97.1 Å². The molecule has 1 rings (SSSR count). The van der Waals surface area contributed by atoms with Crippen LogP contribution in [0.5, 0.6) is 5.75 Å². The average molecular weight is 244 g/mol. The molecule has 5 nitrogen and oxygen atoms in total. The Hall–Kier alpha value is -1.62. The van der Waals surface area contributed by atoms with E-state index >= 15 is 0 Å². The summed E-state index contributed by atoms with van der Waals surface area (Å²) in [6, 6.07) is 3.71. The van der Waals surface area contributed by atoms with E-state index in [1.54, 1.807) is 0 Å². The molecule has 0 aliphatic rings. The quantitative estimate of drug-likeness (QED) is 0.353. The minimum Gasteiger partial charge on any atom is -0.425 e. The van der Waals surface area contributed by atoms with Crippen LogP contribution in [0.15, 0.2) is 18.2 Å². The molecule has 16 heavy (non-hydrogen) atoms. The second-order valence-electron chi connectivity index (χ2n) is 3.10. The van der Waals surface area contributed by atoms with Crippen LogP contribution in [0.3, 0.4) is 0 Å². The van der Waals surface area contributed by atoms with Crippen LogP contribution in [0.25, 0.3) is 0 Å². The van der Waals surface area contributed by atoms with Crippen molar-refractivity contribution >= 4 is 23.3 Å². The van der Waals surface area contributed by atoms with Crippen molar-refractivity contribution in [2.75, 3.05) is 0 Å². The SMILES string of the molecule is CCCC(=O)Oc1cc([N+](=O)[O-])ccc1Cl. The third-order valence-corrected chi connectivity index (χ3v) is 2.12. The fourth-order valence-corrected chi connectivity index (χ4v) is 1.22. The highest BCUT2D eigenvalue weighted by Crippen LogP contribution is 2.29. The molecule has 1 aromatic rings. The van der Waals surface area contributed by atoms with E-state index in [2.05, 4.69) is 0 Å². The molecule has 0 amide bonds. The summed E-state index contributed by atoms with van der Waals surface area (Å²) < 4.78 is 4.90. The van der Waals surface area contributed by atoms with Gasteiger partial charge in [0.05, 0.1) is 16.0 Å². The normalized spacial score (nSPS) is 9.88. The summed E-state index contributed by atoms with van der Waals surface area (Å²) in [6.45, 7) is 1.83. The first-order valence-electron chi connectivity index (χ1n) is 4.69. The number of hydrogen-bond donors (Lipinski definition) is 0. The molecule has 0 unspecified atom stereocenters. The second kappa shape index (κ2) is 5.46. The topological polar surface area (TPSA) is 69.4 Å². The molecule has 0 saturated carbocycles. The largest absolute Gasteiger partial charge is 0.425 e. The summed E-state index contributed by atoms with van der Waals surface area (Å²) in [5.74, 6) is -0.431. The molecule has 0 N–H and O–H groups in total. The van der Waals surface area contributed by atoms with Gasteiger partial charge in [-0.15, -0.1) is 0 Å². The van der Waals surface area contributed by atoms with E-state index in [9.17, 15) is 14.9 Å². The summed E-state index contributed by atoms with van der Waals surface area (Å²) in [5.41, 5.74) is -0.163. The van der Waals surface area contributed by atoms with Crippen LogP contribution in [0.2, 0.25) is 5.02 Å². The molecule has 86 valence electrons. The zero-order valence-electron chi connectivity index (χ0n) is 8.60. The minimum atomic E-state index is -0.576. The third kappa shape index (κ3) is 3.20. The maximum atomic E-state index is 11.2. The number of nitro benzene ring substituents is 1. The van der Waals surface area contributed by atoms with Crippen molar-refractivity contribution < 1.29 is 14.5 Å². The van der Waals surface area contributed by atoms with Gasteiger partial charge in [-0.1, -0.05) is 18.5 Å². The summed E-state index contributed by atoms with van der Waals surface area (Å²) in [4.78, 5) is 21.1. The molecular weight excluding hydrogens is 234 g/mol. The van der Waals surface area contributed by atoms with E-state index in [0.717, 1.165) is 6.07 Å². The highest BCUT2D eigenvalue weighted by Gasteiger charge is 2.13. The van der Waals surface area contributed by atoms with Crippen LogP contribution in [0, 0.1) is 10.1 Å². The molecule has 1 aromatic carbocycles. The lowest BCUT2D eigenvalue weighted by molar-refractivity contribution is -0.384. The van der Waals surface area contributed by atoms with E-state index in [-0.39, 0.29) is 22.9 Å². The number of non-ortho nitro benzene ring substituents is 1. The molecule has 0 aliphatic carbocycles. The number of nitro groups is 1. The molecule has 0 radical (unpaired) electrons. The molecule has 0 bridgehead atoms. The highest BCUT2D eigenvalue weighted by atomic mass is 35.5. The number of rotatable bonds is 4. The fraction of sp³-hybridized carbons (Fsp3) is 0.300. The molecule has 0 saturated heterocycles. The maximum Gasteiger partial charge on any atom is 0.311 e. The molecular formula is C10H10ClNO4. The van der Waals surface area contributed by atoms with Crippen LogP contribution >= 0.6 is 11.6 Å². The smallest absolute Gasteiger partial charge is 0.311 e. The number of nitrogens with zero attached hydrogens (tertiary/aromatic N) is 1. The molecule has 0 aromatic heterocycles. The van der Waals surface area contributed by atoms with E-state index in [1.807, 2.05) is 6.92 Å². The Morgan fingerprint density at radius 2 is 2.25 bits per heavy atom. The zero-order valence-corrected chi connectivity index (χ0v) is 9.36. The van der Waals surface area contributed by atoms with Gasteiger partial charge in [0.2, 0.25) is 0 Å². The van der Waals surface area contributed by atoms with E-state index in [0.29, 0.717) is 6.42 Å². The van der Waals surface area contributed by atoms with Crippen LogP contribution in [-0.4, -0.2) is 10.9 Å². The van der Waals surface area contributed by atoms with Crippen LogP contribution < -0.4 is 4.74 Å². The van der Waals surface area contributed by atoms with E-state index in [4.69, 9.17) is 16.3 Å². The Bertz CT molecular complexity index is 419. The lowest BCUT2D eigenvalue weighted by Crippen LogP contribution is -2.07. The van der Waals surface area contributed by atoms with Crippen molar-refractivity contribution in [3.05, 3.63) is 33.3 Å². The Morgan fingerprint density at radius 3 is 2.81 bits per heavy atom. The van der Waals surface area contributed by atoms with Gasteiger partial charge in [-0.2, -0.15) is 0 Å². The average Bonchev–Trinajstić information content (AvgIpc) is 2.21. The Kier molecular flexibility index (Phi) is 4.25. The van der Waals surface area contributed by atoms with Gasteiger partial charge in [0.25, 0.3) is 5.69 Å². The second-order valence-corrected chi connectivity index (χ2v) is 3.50. The zero-order chi connectivity index (χ0) is 12.1. The van der Waals surface area contributed by atoms with Gasteiger partial charge >= 0.3 is 5.97 Å². The number of esters is 1. The van der Waals surface area contributed by atoms with Crippen molar-refractivity contribution in [2.45, 2.75) is 19.8 Å². The number of hydrogen-bond acceptors (Lipinski definition) is 4. The molecule has 0 spiro atoms. The summed E-state index contributed by atoms with van der Waals surface area (Å²) >= 11 is 5.75. The summed E-state index contributed by atoms with van der Waals surface area (Å²) in [5, 5.41) is 10.7. The lowest BCUT2D eigenvalue weighted by atomic mass is 10.3. The minimum absolute atomic E-state index is 0.0225. The predicted octanol–water partition coefficient (Wildman–Crippen LogP) is 2.95.